The Labute approximate surface area is 354 Å². The van der Waals surface area contributed by atoms with Crippen LogP contribution in [0.2, 0.25) is 0 Å². The lowest BCUT2D eigenvalue weighted by Gasteiger charge is -2.12. The van der Waals surface area contributed by atoms with E-state index in [1.54, 1.807) is 99.6 Å². The van der Waals surface area contributed by atoms with Crippen LogP contribution in [0.3, 0.4) is 0 Å². The summed E-state index contributed by atoms with van der Waals surface area (Å²) in [5, 5.41) is 26.8. The van der Waals surface area contributed by atoms with Crippen LogP contribution >= 0.6 is 12.4 Å². The van der Waals surface area contributed by atoms with Gasteiger partial charge in [0.25, 0.3) is 0 Å². The number of carbonyl (C=O) groups is 1. The van der Waals surface area contributed by atoms with Gasteiger partial charge in [0.1, 0.15) is 11.4 Å². The molecule has 0 fully saturated rings. The normalized spacial score (nSPS) is 11.6. The van der Waals surface area contributed by atoms with Crippen molar-refractivity contribution in [2.75, 3.05) is 0 Å². The van der Waals surface area contributed by atoms with Gasteiger partial charge in [0, 0.05) is 40.2 Å². The lowest BCUT2D eigenvalue weighted by molar-refractivity contribution is -0.137. The zero-order chi connectivity index (χ0) is 44.2. The molecular formula is C42H35ClF6N10O3. The molecule has 0 saturated heterocycles. The predicted molar refractivity (Wildman–Crippen MR) is 221 cm³/mol. The molecule has 0 spiro atoms. The van der Waals surface area contributed by atoms with E-state index in [4.69, 9.17) is 10.4 Å². The molecule has 2 aromatic carbocycles. The topological polar surface area (TPSA) is 183 Å². The molecule has 13 nitrogen and oxygen atoms in total. The average molecular weight is 877 g/mol. The molecule has 0 unspecified atom stereocenters. The number of nitrogens with zero attached hydrogens (tertiary/aromatic N) is 9. The third kappa shape index (κ3) is 9.75. The molecular weight excluding hydrogens is 842 g/mol. The van der Waals surface area contributed by atoms with Gasteiger partial charge in [-0.1, -0.05) is 29.4 Å². The van der Waals surface area contributed by atoms with E-state index in [1.165, 1.54) is 34.7 Å². The van der Waals surface area contributed by atoms with Crippen molar-refractivity contribution in [1.29, 1.82) is 0 Å². The van der Waals surface area contributed by atoms with Crippen LogP contribution in [0.4, 0.5) is 26.3 Å². The molecule has 320 valence electrons. The van der Waals surface area contributed by atoms with Gasteiger partial charge in [0.15, 0.2) is 17.4 Å². The van der Waals surface area contributed by atoms with Gasteiger partial charge < -0.3 is 10.4 Å². The fraction of sp³-hybridized carbons (Fsp3) is 0.143. The standard InChI is InChI=1S/C21H16F3N5O.C21H15F3N4O.ClH.H3NO/c1-12-5-3-8-20(26-12)29-19-10-14(9-16(21(22,23)24)15(19)11-25-29)18-7-4-6-17(27-18)13(2)28-30;1-12-5-3-8-20(26-12)28-19-10-14(18-7-4-6-17(27-18)13(2)29)9-16(21(22,23)24)15(19)11-25-28;;1-2/h3-11,30H,1-2H3;3-11H,1-2H3;1H;2H,1H2/b28-13-;;;. The van der Waals surface area contributed by atoms with Crippen molar-refractivity contribution in [3.05, 3.63) is 143 Å². The van der Waals surface area contributed by atoms with Crippen molar-refractivity contribution < 1.29 is 41.6 Å². The Morgan fingerprint density at radius 3 is 1.40 bits per heavy atom. The summed E-state index contributed by atoms with van der Waals surface area (Å²) in [5.74, 6) is 4.06. The number of nitrogens with two attached hydrogens (primary N) is 1. The fourth-order valence-electron chi connectivity index (χ4n) is 6.32. The molecule has 0 amide bonds. The summed E-state index contributed by atoms with van der Waals surface area (Å²) in [6, 6.07) is 25.3. The summed E-state index contributed by atoms with van der Waals surface area (Å²) in [7, 11) is 0. The van der Waals surface area contributed by atoms with Crippen molar-refractivity contribution in [3.8, 4) is 34.2 Å². The molecule has 8 aromatic rings. The highest BCUT2D eigenvalue weighted by atomic mass is 35.5. The summed E-state index contributed by atoms with van der Waals surface area (Å²) in [6.07, 6.45) is -6.79. The van der Waals surface area contributed by atoms with Crippen LogP contribution in [-0.4, -0.2) is 61.4 Å². The number of halogens is 7. The SMILES string of the molecule is C/C(=N/O)c1cccc(-c2cc(C(F)(F)F)c3cnn(-c4cccc(C)n4)c3c2)n1.CC(=O)c1cccc(-c2cc(C(F)(F)F)c3cnn(-c4cccc(C)n4)c3c2)n1.Cl.NO. The van der Waals surface area contributed by atoms with Gasteiger partial charge in [-0.05, 0) is 93.6 Å². The fourth-order valence-corrected chi connectivity index (χ4v) is 6.32. The van der Waals surface area contributed by atoms with Crippen molar-refractivity contribution >= 4 is 45.7 Å². The van der Waals surface area contributed by atoms with E-state index < -0.39 is 23.5 Å². The largest absolute Gasteiger partial charge is 0.417 e. The first-order valence-corrected chi connectivity index (χ1v) is 18.0. The first kappa shape index (κ1) is 46.0. The number of Topliss-reactive ketones (excluding diaryl/α,β-unsaturated/α-hetero) is 1. The van der Waals surface area contributed by atoms with E-state index in [0.29, 0.717) is 28.7 Å². The van der Waals surface area contributed by atoms with Crippen LogP contribution < -0.4 is 5.90 Å². The number of ketones is 1. The summed E-state index contributed by atoms with van der Waals surface area (Å²) >= 11 is 0. The quantitative estimate of drug-likeness (QED) is 0.0478. The number of pyridine rings is 4. The maximum absolute atomic E-state index is 13.8. The summed E-state index contributed by atoms with van der Waals surface area (Å²) < 4.78 is 85.5. The number of carbonyl (C=O) groups excluding carboxylic acids is 1. The maximum Gasteiger partial charge on any atom is 0.417 e. The number of alkyl halides is 6. The molecule has 62 heavy (non-hydrogen) atoms. The number of oxime groups is 1. The van der Waals surface area contributed by atoms with Crippen LogP contribution in [0.5, 0.6) is 0 Å². The van der Waals surface area contributed by atoms with Gasteiger partial charge in [0.05, 0.1) is 51.6 Å². The molecule has 0 atom stereocenters. The summed E-state index contributed by atoms with van der Waals surface area (Å²) in [5.41, 5.74) is 2.20. The number of aryl methyl sites for hydroxylation is 2. The molecule has 0 saturated carbocycles. The van der Waals surface area contributed by atoms with Crippen LogP contribution in [0.25, 0.3) is 56.0 Å². The first-order chi connectivity index (χ1) is 29.0. The van der Waals surface area contributed by atoms with Crippen molar-refractivity contribution in [2.45, 2.75) is 40.0 Å². The maximum atomic E-state index is 13.8. The Morgan fingerprint density at radius 1 is 0.613 bits per heavy atom. The third-order valence-corrected chi connectivity index (χ3v) is 9.14. The predicted octanol–water partition coefficient (Wildman–Crippen LogP) is 9.78. The highest BCUT2D eigenvalue weighted by Crippen LogP contribution is 2.40. The smallest absolute Gasteiger partial charge is 0.411 e. The molecule has 6 aromatic heterocycles. The lowest BCUT2D eigenvalue weighted by atomic mass is 10.0. The van der Waals surface area contributed by atoms with E-state index >= 15 is 0 Å². The Bertz CT molecular complexity index is 2930. The number of rotatable bonds is 6. The molecule has 0 aliphatic heterocycles. The Balaban J connectivity index is 0.000000222. The van der Waals surface area contributed by atoms with E-state index in [-0.39, 0.29) is 68.2 Å². The zero-order valence-electron chi connectivity index (χ0n) is 33.0. The van der Waals surface area contributed by atoms with Crippen molar-refractivity contribution in [2.24, 2.45) is 11.1 Å². The third-order valence-electron chi connectivity index (χ3n) is 9.14. The Hall–Kier alpha value is -7.09. The first-order valence-electron chi connectivity index (χ1n) is 18.0. The Kier molecular flexibility index (Phi) is 13.8. The summed E-state index contributed by atoms with van der Waals surface area (Å²) in [6.45, 7) is 6.49. The minimum atomic E-state index is -4.58. The number of fused-ring (bicyclic) bond motifs is 2. The van der Waals surface area contributed by atoms with Gasteiger partial charge in [-0.25, -0.2) is 35.2 Å². The molecule has 0 radical (unpaired) electrons. The van der Waals surface area contributed by atoms with Gasteiger partial charge in [-0.3, -0.25) is 4.79 Å². The number of hydrogen-bond donors (Lipinski definition) is 3. The number of hydrogen-bond acceptors (Lipinski definition) is 11. The molecule has 4 N–H and O–H groups in total. The van der Waals surface area contributed by atoms with E-state index in [0.717, 1.165) is 17.8 Å². The number of aromatic nitrogens is 8. The van der Waals surface area contributed by atoms with Gasteiger partial charge in [0.2, 0.25) is 0 Å². The molecule has 6 heterocycles. The second-order valence-corrected chi connectivity index (χ2v) is 13.4. The van der Waals surface area contributed by atoms with Crippen LogP contribution in [0, 0.1) is 13.8 Å². The van der Waals surface area contributed by atoms with Crippen LogP contribution in [0.15, 0.2) is 115 Å². The second kappa shape index (κ2) is 18.7. The molecule has 0 bridgehead atoms. The molecule has 0 aliphatic rings. The minimum absolute atomic E-state index is 0. The lowest BCUT2D eigenvalue weighted by Crippen LogP contribution is -2.07. The monoisotopic (exact) mass is 876 g/mol. The van der Waals surface area contributed by atoms with E-state index in [1.807, 2.05) is 0 Å². The van der Waals surface area contributed by atoms with Crippen molar-refractivity contribution in [1.82, 2.24) is 39.5 Å². The van der Waals surface area contributed by atoms with Gasteiger partial charge in [-0.2, -0.15) is 36.5 Å². The van der Waals surface area contributed by atoms with E-state index in [9.17, 15) is 31.1 Å². The van der Waals surface area contributed by atoms with Gasteiger partial charge in [-0.15, -0.1) is 12.4 Å². The average Bonchev–Trinajstić information content (AvgIpc) is 3.88. The molecule has 8 rings (SSSR count). The van der Waals surface area contributed by atoms with Crippen LogP contribution in [0.1, 0.15) is 52.5 Å². The van der Waals surface area contributed by atoms with Crippen molar-refractivity contribution in [3.63, 3.8) is 0 Å². The van der Waals surface area contributed by atoms with Crippen LogP contribution in [-0.2, 0) is 12.4 Å². The zero-order valence-corrected chi connectivity index (χ0v) is 33.8. The Morgan fingerprint density at radius 2 is 1.02 bits per heavy atom. The minimum Gasteiger partial charge on any atom is -0.411 e. The number of benzene rings is 2. The molecule has 20 heteroatoms. The molecule has 0 aliphatic carbocycles. The highest BCUT2D eigenvalue weighted by molar-refractivity contribution is 5.97. The van der Waals surface area contributed by atoms with E-state index in [2.05, 4.69) is 41.2 Å². The van der Waals surface area contributed by atoms with Gasteiger partial charge >= 0.3 is 12.4 Å². The summed E-state index contributed by atoms with van der Waals surface area (Å²) in [4.78, 5) is 28.9. The second-order valence-electron chi connectivity index (χ2n) is 13.4. The highest BCUT2D eigenvalue weighted by Gasteiger charge is 2.35.